The van der Waals surface area contributed by atoms with Crippen molar-refractivity contribution in [3.8, 4) is 0 Å². The van der Waals surface area contributed by atoms with Crippen molar-refractivity contribution in [1.82, 2.24) is 9.88 Å². The Balaban J connectivity index is 2.31. The summed E-state index contributed by atoms with van der Waals surface area (Å²) in [5.41, 5.74) is 0.0198. The van der Waals surface area contributed by atoms with E-state index >= 15 is 0 Å². The Morgan fingerprint density at radius 3 is 2.60 bits per heavy atom. The van der Waals surface area contributed by atoms with Gasteiger partial charge in [0.1, 0.15) is 4.88 Å². The van der Waals surface area contributed by atoms with Crippen molar-refractivity contribution < 1.29 is 19.1 Å². The molecule has 2 rings (SSSR count). The maximum atomic E-state index is 11.7. The molecule has 0 aromatic carbocycles. The molecule has 108 valence electrons. The van der Waals surface area contributed by atoms with Gasteiger partial charge in [0.05, 0.1) is 13.7 Å². The summed E-state index contributed by atoms with van der Waals surface area (Å²) in [5.74, 6) is -0.900. The molecule has 1 aromatic heterocycles. The van der Waals surface area contributed by atoms with E-state index in [1.807, 2.05) is 0 Å². The number of esters is 1. The van der Waals surface area contributed by atoms with Crippen LogP contribution in [0.5, 0.6) is 0 Å². The highest BCUT2D eigenvalue weighted by molar-refractivity contribution is 7.17. The quantitative estimate of drug-likeness (QED) is 0.594. The molecule has 7 nitrogen and oxygen atoms in total. The zero-order valence-electron chi connectivity index (χ0n) is 11.5. The van der Waals surface area contributed by atoms with Crippen LogP contribution in [-0.4, -0.2) is 61.3 Å². The summed E-state index contributed by atoms with van der Waals surface area (Å²) in [6, 6.07) is 0. The molecule has 0 saturated carbocycles. The van der Waals surface area contributed by atoms with Crippen molar-refractivity contribution in [3.05, 3.63) is 10.6 Å². The van der Waals surface area contributed by atoms with Crippen molar-refractivity contribution >= 4 is 34.1 Å². The van der Waals surface area contributed by atoms with Crippen LogP contribution in [0.2, 0.25) is 0 Å². The lowest BCUT2D eigenvalue weighted by atomic mass is 10.3. The van der Waals surface area contributed by atoms with Gasteiger partial charge in [-0.3, -0.25) is 9.59 Å². The fourth-order valence-corrected chi connectivity index (χ4v) is 2.81. The van der Waals surface area contributed by atoms with Crippen molar-refractivity contribution in [2.75, 3.05) is 38.7 Å². The lowest BCUT2D eigenvalue weighted by Gasteiger charge is -2.31. The Morgan fingerprint density at radius 1 is 1.35 bits per heavy atom. The van der Waals surface area contributed by atoms with Crippen LogP contribution in [0.15, 0.2) is 0 Å². The van der Waals surface area contributed by atoms with Gasteiger partial charge in [0.15, 0.2) is 16.6 Å². The first-order chi connectivity index (χ1) is 9.43. The number of amides is 1. The second-order valence-corrected chi connectivity index (χ2v) is 5.44. The zero-order chi connectivity index (χ0) is 14.9. The van der Waals surface area contributed by atoms with E-state index in [1.54, 1.807) is 16.8 Å². The van der Waals surface area contributed by atoms with E-state index in [9.17, 15) is 14.4 Å². The lowest BCUT2D eigenvalue weighted by Crippen LogP contribution is -2.48. The largest absolute Gasteiger partial charge is 0.464 e. The van der Waals surface area contributed by atoms with E-state index in [-0.39, 0.29) is 28.8 Å². The minimum absolute atomic E-state index is 0.0181. The number of Topliss-reactive ketones (excluding diaryl/α,β-unsaturated/α-hetero) is 1. The van der Waals surface area contributed by atoms with Crippen molar-refractivity contribution in [1.29, 1.82) is 0 Å². The summed E-state index contributed by atoms with van der Waals surface area (Å²) in [7, 11) is 2.98. The Bertz CT molecular complexity index is 569. The van der Waals surface area contributed by atoms with Crippen LogP contribution in [0.1, 0.15) is 27.1 Å². The number of nitrogens with zero attached hydrogens (tertiary/aromatic N) is 3. The molecule has 0 unspecified atom stereocenters. The van der Waals surface area contributed by atoms with Gasteiger partial charge in [-0.15, -0.1) is 0 Å². The number of ether oxygens (including phenoxy) is 1. The minimum Gasteiger partial charge on any atom is -0.464 e. The number of anilines is 1. The normalized spacial score (nSPS) is 15.4. The lowest BCUT2D eigenvalue weighted by molar-refractivity contribution is -0.129. The van der Waals surface area contributed by atoms with Crippen LogP contribution in [-0.2, 0) is 9.53 Å². The van der Waals surface area contributed by atoms with Crippen LogP contribution in [0.25, 0.3) is 0 Å². The predicted molar refractivity (Wildman–Crippen MR) is 73.3 cm³/mol. The number of ketones is 1. The van der Waals surface area contributed by atoms with E-state index in [0.29, 0.717) is 18.2 Å². The Morgan fingerprint density at radius 2 is 2.05 bits per heavy atom. The number of piperazine rings is 1. The Kier molecular flexibility index (Phi) is 4.03. The Labute approximate surface area is 120 Å². The van der Waals surface area contributed by atoms with Crippen molar-refractivity contribution in [3.63, 3.8) is 0 Å². The number of thiazole rings is 1. The van der Waals surface area contributed by atoms with E-state index < -0.39 is 5.97 Å². The SMILES string of the molecule is COC(=O)c1nc(N2CCN(C)C(=O)C2)sc1C(C)=O. The molecular formula is C12H15N3O4S. The maximum Gasteiger partial charge on any atom is 0.358 e. The molecule has 0 spiro atoms. The van der Waals surface area contributed by atoms with Crippen molar-refractivity contribution in [2.24, 2.45) is 0 Å². The summed E-state index contributed by atoms with van der Waals surface area (Å²) < 4.78 is 4.63. The topological polar surface area (TPSA) is 79.8 Å². The number of carbonyl (C=O) groups is 3. The van der Waals surface area contributed by atoms with E-state index in [0.717, 1.165) is 11.3 Å². The van der Waals surface area contributed by atoms with E-state index in [4.69, 9.17) is 0 Å². The van der Waals surface area contributed by atoms with Crippen molar-refractivity contribution in [2.45, 2.75) is 6.92 Å². The highest BCUT2D eigenvalue weighted by atomic mass is 32.1. The fourth-order valence-electron chi connectivity index (χ4n) is 1.84. The molecule has 0 radical (unpaired) electrons. The molecule has 0 N–H and O–H groups in total. The summed E-state index contributed by atoms with van der Waals surface area (Å²) in [4.78, 5) is 42.7. The smallest absolute Gasteiger partial charge is 0.358 e. The molecule has 0 bridgehead atoms. The second-order valence-electron chi connectivity index (χ2n) is 4.46. The number of carbonyl (C=O) groups excluding carboxylic acids is 3. The summed E-state index contributed by atoms with van der Waals surface area (Å²) in [5, 5.41) is 0.497. The summed E-state index contributed by atoms with van der Waals surface area (Å²) in [6.07, 6.45) is 0. The van der Waals surface area contributed by atoms with Gasteiger partial charge in [-0.05, 0) is 0 Å². The van der Waals surface area contributed by atoms with Gasteiger partial charge in [0.2, 0.25) is 5.91 Å². The van der Waals surface area contributed by atoms with Gasteiger partial charge < -0.3 is 14.5 Å². The van der Waals surface area contributed by atoms with Crippen LogP contribution in [0.4, 0.5) is 5.13 Å². The highest BCUT2D eigenvalue weighted by Gasteiger charge is 2.28. The molecule has 1 saturated heterocycles. The molecule has 1 fully saturated rings. The third-order valence-electron chi connectivity index (χ3n) is 3.04. The average molecular weight is 297 g/mol. The van der Waals surface area contributed by atoms with Crippen LogP contribution in [0, 0.1) is 0 Å². The van der Waals surface area contributed by atoms with Gasteiger partial charge >= 0.3 is 5.97 Å². The third kappa shape index (κ3) is 2.64. The Hall–Kier alpha value is -1.96. The first-order valence-corrected chi connectivity index (χ1v) is 6.84. The summed E-state index contributed by atoms with van der Waals surface area (Å²) >= 11 is 1.11. The number of likely N-dealkylation sites (N-methyl/N-ethyl adjacent to an activating group) is 1. The molecule has 0 aliphatic carbocycles. The molecule has 8 heteroatoms. The minimum atomic E-state index is -0.641. The van der Waals surface area contributed by atoms with Gasteiger partial charge in [0.25, 0.3) is 0 Å². The van der Waals surface area contributed by atoms with Crippen LogP contribution >= 0.6 is 11.3 Å². The number of hydrogen-bond donors (Lipinski definition) is 0. The van der Waals surface area contributed by atoms with Gasteiger partial charge in [-0.1, -0.05) is 11.3 Å². The molecule has 2 heterocycles. The van der Waals surface area contributed by atoms with Gasteiger partial charge in [0, 0.05) is 27.1 Å². The van der Waals surface area contributed by atoms with E-state index in [2.05, 4.69) is 9.72 Å². The fraction of sp³-hybridized carbons (Fsp3) is 0.500. The standard InChI is InChI=1S/C12H15N3O4S/c1-7(16)10-9(11(18)19-3)13-12(20-10)15-5-4-14(2)8(17)6-15/h4-6H2,1-3H3. The van der Waals surface area contributed by atoms with Crippen LogP contribution < -0.4 is 4.90 Å². The first-order valence-electron chi connectivity index (χ1n) is 6.03. The number of aromatic nitrogens is 1. The monoisotopic (exact) mass is 297 g/mol. The molecular weight excluding hydrogens is 282 g/mol. The summed E-state index contributed by atoms with van der Waals surface area (Å²) in [6.45, 7) is 2.77. The second kappa shape index (κ2) is 5.58. The molecule has 1 amide bonds. The van der Waals surface area contributed by atoms with E-state index in [1.165, 1.54) is 14.0 Å². The van der Waals surface area contributed by atoms with Crippen LogP contribution in [0.3, 0.4) is 0 Å². The number of hydrogen-bond acceptors (Lipinski definition) is 7. The zero-order valence-corrected chi connectivity index (χ0v) is 12.3. The predicted octanol–water partition coefficient (Wildman–Crippen LogP) is 0.411. The average Bonchev–Trinajstić information content (AvgIpc) is 2.86. The molecule has 0 atom stereocenters. The third-order valence-corrected chi connectivity index (χ3v) is 4.26. The maximum absolute atomic E-state index is 11.7. The van der Waals surface area contributed by atoms with Gasteiger partial charge in [-0.25, -0.2) is 9.78 Å². The number of rotatable bonds is 3. The van der Waals surface area contributed by atoms with Gasteiger partial charge in [-0.2, -0.15) is 0 Å². The number of methoxy groups -OCH3 is 1. The first kappa shape index (κ1) is 14.4. The highest BCUT2D eigenvalue weighted by Crippen LogP contribution is 2.28. The molecule has 1 aliphatic heterocycles. The molecule has 1 aromatic rings. The molecule has 20 heavy (non-hydrogen) atoms. The molecule has 1 aliphatic rings.